The highest BCUT2D eigenvalue weighted by molar-refractivity contribution is 5.82. The molecule has 0 unspecified atom stereocenters. The Morgan fingerprint density at radius 3 is 2.57 bits per heavy atom. The molecule has 0 aliphatic rings. The van der Waals surface area contributed by atoms with Crippen molar-refractivity contribution >= 4 is 11.5 Å². The molecule has 1 aromatic carbocycles. The van der Waals surface area contributed by atoms with Gasteiger partial charge in [-0.25, -0.2) is 0 Å². The van der Waals surface area contributed by atoms with Gasteiger partial charge in [-0.05, 0) is 37.8 Å². The Kier molecular flexibility index (Phi) is 5.29. The van der Waals surface area contributed by atoms with Crippen molar-refractivity contribution in [3.63, 3.8) is 0 Å². The van der Waals surface area contributed by atoms with Crippen molar-refractivity contribution in [3.8, 4) is 5.75 Å². The minimum atomic E-state index is -0.422. The topological polar surface area (TPSA) is 102 Å². The first-order valence-electron chi connectivity index (χ1n) is 6.88. The highest BCUT2D eigenvalue weighted by atomic mass is 16.6. The molecule has 0 aromatic heterocycles. The van der Waals surface area contributed by atoms with E-state index in [0.29, 0.717) is 25.2 Å². The number of amidine groups is 1. The molecular weight excluding hydrogens is 270 g/mol. The standard InChI is InChI=1S/C15H23N3O3/c1-10-8-11(2)13(12(9-10)18(19)20)21-7-5-6-15(3,4)14(16)17/h8-9H,5-7H2,1-4H3,(H3,16,17). The average molecular weight is 293 g/mol. The Hall–Kier alpha value is -2.11. The smallest absolute Gasteiger partial charge is 0.311 e. The summed E-state index contributed by atoms with van der Waals surface area (Å²) in [6.07, 6.45) is 1.37. The van der Waals surface area contributed by atoms with Crippen molar-refractivity contribution in [2.45, 2.75) is 40.5 Å². The van der Waals surface area contributed by atoms with Crippen molar-refractivity contribution in [2.75, 3.05) is 6.61 Å². The third-order valence-corrected chi connectivity index (χ3v) is 3.52. The maximum absolute atomic E-state index is 11.1. The van der Waals surface area contributed by atoms with Gasteiger partial charge in [-0.3, -0.25) is 15.5 Å². The lowest BCUT2D eigenvalue weighted by atomic mass is 9.87. The Morgan fingerprint density at radius 2 is 2.05 bits per heavy atom. The second-order valence-electron chi connectivity index (χ2n) is 5.94. The van der Waals surface area contributed by atoms with Gasteiger partial charge in [0.25, 0.3) is 0 Å². The van der Waals surface area contributed by atoms with E-state index in [1.165, 1.54) is 6.07 Å². The molecule has 116 valence electrons. The molecule has 0 radical (unpaired) electrons. The van der Waals surface area contributed by atoms with Crippen molar-refractivity contribution < 1.29 is 9.66 Å². The fourth-order valence-electron chi connectivity index (χ4n) is 2.08. The molecule has 0 aliphatic heterocycles. The van der Waals surface area contributed by atoms with E-state index in [2.05, 4.69) is 0 Å². The highest BCUT2D eigenvalue weighted by Gasteiger charge is 2.22. The minimum Gasteiger partial charge on any atom is -0.487 e. The van der Waals surface area contributed by atoms with E-state index in [9.17, 15) is 10.1 Å². The first-order valence-corrected chi connectivity index (χ1v) is 6.88. The summed E-state index contributed by atoms with van der Waals surface area (Å²) in [5.74, 6) is 0.464. The Labute approximate surface area is 125 Å². The van der Waals surface area contributed by atoms with E-state index in [1.54, 1.807) is 6.92 Å². The van der Waals surface area contributed by atoms with Gasteiger partial charge in [-0.2, -0.15) is 0 Å². The number of benzene rings is 1. The average Bonchev–Trinajstić information content (AvgIpc) is 2.35. The molecule has 1 aromatic rings. The summed E-state index contributed by atoms with van der Waals surface area (Å²) in [4.78, 5) is 10.7. The summed E-state index contributed by atoms with van der Waals surface area (Å²) in [6.45, 7) is 7.78. The Balaban J connectivity index is 2.72. The number of nitrogens with one attached hydrogen (secondary N) is 1. The zero-order valence-electron chi connectivity index (χ0n) is 13.0. The molecule has 6 heteroatoms. The van der Waals surface area contributed by atoms with Crippen molar-refractivity contribution in [1.29, 1.82) is 5.41 Å². The zero-order chi connectivity index (χ0) is 16.2. The summed E-state index contributed by atoms with van der Waals surface area (Å²) in [5.41, 5.74) is 6.74. The summed E-state index contributed by atoms with van der Waals surface area (Å²) in [6, 6.07) is 3.38. The molecule has 0 saturated heterocycles. The molecule has 0 atom stereocenters. The van der Waals surface area contributed by atoms with Gasteiger partial charge < -0.3 is 10.5 Å². The van der Waals surface area contributed by atoms with Gasteiger partial charge in [0.2, 0.25) is 0 Å². The van der Waals surface area contributed by atoms with Crippen LogP contribution in [0.5, 0.6) is 5.75 Å². The van der Waals surface area contributed by atoms with Gasteiger partial charge in [-0.1, -0.05) is 19.9 Å². The lowest BCUT2D eigenvalue weighted by Gasteiger charge is -2.22. The molecule has 1 rings (SSSR count). The van der Waals surface area contributed by atoms with E-state index >= 15 is 0 Å². The quantitative estimate of drug-likeness (QED) is 0.264. The predicted molar refractivity (Wildman–Crippen MR) is 83.0 cm³/mol. The number of rotatable bonds is 7. The number of hydrogen-bond donors (Lipinski definition) is 2. The number of nitrogens with two attached hydrogens (primary N) is 1. The molecule has 0 fully saturated rings. The SMILES string of the molecule is Cc1cc(C)c(OCCCC(C)(C)C(=N)N)c([N+](=O)[O-])c1. The zero-order valence-corrected chi connectivity index (χ0v) is 13.0. The molecule has 0 heterocycles. The van der Waals surface area contributed by atoms with Crippen LogP contribution < -0.4 is 10.5 Å². The van der Waals surface area contributed by atoms with Gasteiger partial charge in [0.1, 0.15) is 0 Å². The predicted octanol–water partition coefficient (Wildman–Crippen LogP) is 3.33. The minimum absolute atomic E-state index is 0.00155. The van der Waals surface area contributed by atoms with Crippen LogP contribution in [0.25, 0.3) is 0 Å². The van der Waals surface area contributed by atoms with Gasteiger partial charge >= 0.3 is 5.69 Å². The van der Waals surface area contributed by atoms with Crippen LogP contribution in [0.1, 0.15) is 37.8 Å². The van der Waals surface area contributed by atoms with Crippen LogP contribution in [0.2, 0.25) is 0 Å². The van der Waals surface area contributed by atoms with Crippen LogP contribution in [-0.2, 0) is 0 Å². The first-order chi connectivity index (χ1) is 9.65. The van der Waals surface area contributed by atoms with Gasteiger partial charge in [-0.15, -0.1) is 0 Å². The molecule has 0 saturated carbocycles. The van der Waals surface area contributed by atoms with Crippen LogP contribution in [0.3, 0.4) is 0 Å². The maximum atomic E-state index is 11.1. The third kappa shape index (κ3) is 4.44. The van der Waals surface area contributed by atoms with E-state index in [-0.39, 0.29) is 16.9 Å². The third-order valence-electron chi connectivity index (χ3n) is 3.52. The molecule has 21 heavy (non-hydrogen) atoms. The van der Waals surface area contributed by atoms with E-state index in [1.807, 2.05) is 26.8 Å². The van der Waals surface area contributed by atoms with Gasteiger partial charge in [0.05, 0.1) is 17.4 Å². The molecule has 0 amide bonds. The van der Waals surface area contributed by atoms with Crippen molar-refractivity contribution in [3.05, 3.63) is 33.4 Å². The van der Waals surface area contributed by atoms with E-state index < -0.39 is 4.92 Å². The summed E-state index contributed by atoms with van der Waals surface area (Å²) in [7, 11) is 0. The number of aryl methyl sites for hydroxylation is 2. The van der Waals surface area contributed by atoms with Crippen molar-refractivity contribution in [1.82, 2.24) is 0 Å². The lowest BCUT2D eigenvalue weighted by molar-refractivity contribution is -0.386. The highest BCUT2D eigenvalue weighted by Crippen LogP contribution is 2.32. The molecule has 3 N–H and O–H groups in total. The van der Waals surface area contributed by atoms with Crippen molar-refractivity contribution in [2.24, 2.45) is 11.1 Å². The molecule has 6 nitrogen and oxygen atoms in total. The molecular formula is C15H23N3O3. The summed E-state index contributed by atoms with van der Waals surface area (Å²) < 4.78 is 5.61. The fourth-order valence-corrected chi connectivity index (χ4v) is 2.08. The second kappa shape index (κ2) is 6.56. The van der Waals surface area contributed by atoms with Crippen LogP contribution in [0.15, 0.2) is 12.1 Å². The van der Waals surface area contributed by atoms with E-state index in [0.717, 1.165) is 11.1 Å². The number of ether oxygens (including phenoxy) is 1. The van der Waals surface area contributed by atoms with Gasteiger partial charge in [0.15, 0.2) is 5.75 Å². The first kappa shape index (κ1) is 16.9. The second-order valence-corrected chi connectivity index (χ2v) is 5.94. The fraction of sp³-hybridized carbons (Fsp3) is 0.533. The van der Waals surface area contributed by atoms with Crippen LogP contribution >= 0.6 is 0 Å². The number of nitro benzene ring substituents is 1. The normalized spacial score (nSPS) is 11.2. The molecule has 0 aliphatic carbocycles. The number of hydrogen-bond acceptors (Lipinski definition) is 4. The summed E-state index contributed by atoms with van der Waals surface area (Å²) >= 11 is 0. The Bertz CT molecular complexity index is 553. The largest absolute Gasteiger partial charge is 0.487 e. The molecule has 0 bridgehead atoms. The molecule has 0 spiro atoms. The summed E-state index contributed by atoms with van der Waals surface area (Å²) in [5, 5.41) is 18.6. The Morgan fingerprint density at radius 1 is 1.43 bits per heavy atom. The van der Waals surface area contributed by atoms with E-state index in [4.69, 9.17) is 15.9 Å². The van der Waals surface area contributed by atoms with Crippen LogP contribution in [0, 0.1) is 34.8 Å². The van der Waals surface area contributed by atoms with Crippen LogP contribution in [-0.4, -0.2) is 17.4 Å². The van der Waals surface area contributed by atoms with Gasteiger partial charge in [0, 0.05) is 11.5 Å². The maximum Gasteiger partial charge on any atom is 0.311 e. The lowest BCUT2D eigenvalue weighted by Crippen LogP contribution is -2.31. The monoisotopic (exact) mass is 293 g/mol. The number of nitro groups is 1. The number of nitrogens with zero attached hydrogens (tertiary/aromatic N) is 1. The van der Waals surface area contributed by atoms with Crippen LogP contribution in [0.4, 0.5) is 5.69 Å².